The van der Waals surface area contributed by atoms with E-state index in [1.54, 1.807) is 12.1 Å². The lowest BCUT2D eigenvalue weighted by atomic mass is 9.88. The molecule has 1 aliphatic rings. The molecule has 4 nitrogen and oxygen atoms in total. The van der Waals surface area contributed by atoms with Crippen molar-refractivity contribution in [3.05, 3.63) is 46.7 Å². The van der Waals surface area contributed by atoms with Crippen LogP contribution in [0.15, 0.2) is 30.3 Å². The van der Waals surface area contributed by atoms with Gasteiger partial charge in [0, 0.05) is 12.0 Å². The van der Waals surface area contributed by atoms with Crippen molar-refractivity contribution < 1.29 is 9.53 Å². The minimum atomic E-state index is -0.349. The monoisotopic (exact) mass is 304 g/mol. The summed E-state index contributed by atoms with van der Waals surface area (Å²) in [6.45, 7) is 5.13. The van der Waals surface area contributed by atoms with E-state index in [2.05, 4.69) is 18.9 Å². The second-order valence-electron chi connectivity index (χ2n) is 5.93. The molecule has 2 heterocycles. The van der Waals surface area contributed by atoms with Gasteiger partial charge in [0.25, 0.3) is 0 Å². The Kier molecular flexibility index (Phi) is 3.49. The van der Waals surface area contributed by atoms with Gasteiger partial charge in [-0.3, -0.25) is 9.48 Å². The van der Waals surface area contributed by atoms with Gasteiger partial charge in [0.15, 0.2) is 0 Å². The molecule has 0 atom stereocenters. The van der Waals surface area contributed by atoms with Gasteiger partial charge in [-0.25, -0.2) is 0 Å². The van der Waals surface area contributed by atoms with Gasteiger partial charge in [-0.1, -0.05) is 43.6 Å². The van der Waals surface area contributed by atoms with Crippen LogP contribution in [0.2, 0.25) is 5.02 Å². The zero-order valence-corrected chi connectivity index (χ0v) is 12.9. The highest BCUT2D eigenvalue weighted by Gasteiger charge is 2.35. The number of benzene rings is 1. The molecule has 0 amide bonds. The van der Waals surface area contributed by atoms with Crippen molar-refractivity contribution in [2.75, 3.05) is 0 Å². The number of carbonyl (C=O) groups is 1. The van der Waals surface area contributed by atoms with Gasteiger partial charge in [0.2, 0.25) is 0 Å². The van der Waals surface area contributed by atoms with Crippen LogP contribution in [0.4, 0.5) is 0 Å². The van der Waals surface area contributed by atoms with Crippen molar-refractivity contribution in [1.82, 2.24) is 9.78 Å². The third kappa shape index (κ3) is 2.68. The van der Waals surface area contributed by atoms with E-state index in [4.69, 9.17) is 16.3 Å². The Labute approximate surface area is 128 Å². The predicted octanol–water partition coefficient (Wildman–Crippen LogP) is 3.37. The van der Waals surface area contributed by atoms with Gasteiger partial charge in [0.1, 0.15) is 5.75 Å². The lowest BCUT2D eigenvalue weighted by Crippen LogP contribution is -2.14. The molecule has 0 fully saturated rings. The average Bonchev–Trinajstić information content (AvgIpc) is 2.90. The highest BCUT2D eigenvalue weighted by Crippen LogP contribution is 2.39. The molecule has 110 valence electrons. The molecule has 0 bridgehead atoms. The standard InChI is InChI=1S/C16H17ClN2O2/c1-16(2)8-9-19-15(16)14(17)12(18-19)10-13(20)21-11-6-4-3-5-7-11/h3-7H,8-10H2,1-2H3. The number of hydrogen-bond acceptors (Lipinski definition) is 3. The van der Waals surface area contributed by atoms with Gasteiger partial charge in [-0.2, -0.15) is 5.10 Å². The van der Waals surface area contributed by atoms with Crippen LogP contribution >= 0.6 is 11.6 Å². The number of rotatable bonds is 3. The van der Waals surface area contributed by atoms with Crippen LogP contribution in [0.3, 0.4) is 0 Å². The predicted molar refractivity (Wildman–Crippen MR) is 80.7 cm³/mol. The van der Waals surface area contributed by atoms with Crippen LogP contribution in [0.1, 0.15) is 31.7 Å². The Bertz CT molecular complexity index is 677. The van der Waals surface area contributed by atoms with E-state index in [-0.39, 0.29) is 17.8 Å². The Morgan fingerprint density at radius 1 is 1.38 bits per heavy atom. The molecule has 0 spiro atoms. The first kappa shape index (κ1) is 14.1. The summed E-state index contributed by atoms with van der Waals surface area (Å²) in [5.41, 5.74) is 1.62. The van der Waals surface area contributed by atoms with Crippen molar-refractivity contribution in [3.63, 3.8) is 0 Å². The number of carbonyl (C=O) groups excluding carboxylic acids is 1. The third-order valence-electron chi connectivity index (χ3n) is 3.84. The summed E-state index contributed by atoms with van der Waals surface area (Å²) in [6.07, 6.45) is 1.10. The van der Waals surface area contributed by atoms with E-state index in [0.29, 0.717) is 16.5 Å². The van der Waals surface area contributed by atoms with Gasteiger partial charge >= 0.3 is 5.97 Å². The van der Waals surface area contributed by atoms with Gasteiger partial charge < -0.3 is 4.74 Å². The molecule has 0 aliphatic carbocycles. The van der Waals surface area contributed by atoms with E-state index in [9.17, 15) is 4.79 Å². The zero-order valence-electron chi connectivity index (χ0n) is 12.1. The summed E-state index contributed by atoms with van der Waals surface area (Å²) in [4.78, 5) is 12.0. The van der Waals surface area contributed by atoms with E-state index in [0.717, 1.165) is 18.7 Å². The number of para-hydroxylation sites is 1. The average molecular weight is 305 g/mol. The molecule has 0 saturated heterocycles. The number of halogens is 1. The van der Waals surface area contributed by atoms with Gasteiger partial charge in [0.05, 0.1) is 22.8 Å². The highest BCUT2D eigenvalue weighted by atomic mass is 35.5. The van der Waals surface area contributed by atoms with E-state index in [1.807, 2.05) is 22.9 Å². The number of ether oxygens (including phenoxy) is 1. The second-order valence-corrected chi connectivity index (χ2v) is 6.31. The zero-order chi connectivity index (χ0) is 15.0. The minimum absolute atomic E-state index is 0.00562. The van der Waals surface area contributed by atoms with Crippen LogP contribution in [0.5, 0.6) is 5.75 Å². The normalized spacial score (nSPS) is 15.8. The Morgan fingerprint density at radius 2 is 2.10 bits per heavy atom. The summed E-state index contributed by atoms with van der Waals surface area (Å²) in [5.74, 6) is 0.184. The van der Waals surface area contributed by atoms with Crippen LogP contribution in [-0.4, -0.2) is 15.7 Å². The molecule has 5 heteroatoms. The van der Waals surface area contributed by atoms with E-state index >= 15 is 0 Å². The number of aromatic nitrogens is 2. The molecule has 1 aliphatic heterocycles. The van der Waals surface area contributed by atoms with Crippen LogP contribution < -0.4 is 4.74 Å². The maximum atomic E-state index is 12.0. The molecular weight excluding hydrogens is 288 g/mol. The Morgan fingerprint density at radius 3 is 2.76 bits per heavy atom. The SMILES string of the molecule is CC1(C)CCn2nc(CC(=O)Oc3ccccc3)c(Cl)c21. The van der Waals surface area contributed by atoms with Crippen molar-refractivity contribution in [1.29, 1.82) is 0 Å². The number of esters is 1. The highest BCUT2D eigenvalue weighted by molar-refractivity contribution is 6.32. The molecule has 0 unspecified atom stereocenters. The fourth-order valence-electron chi connectivity index (χ4n) is 2.71. The Hall–Kier alpha value is -1.81. The summed E-state index contributed by atoms with van der Waals surface area (Å²) in [6, 6.07) is 9.01. The maximum absolute atomic E-state index is 12.0. The van der Waals surface area contributed by atoms with Gasteiger partial charge in [-0.15, -0.1) is 0 Å². The number of aryl methyl sites for hydroxylation is 1. The molecule has 1 aromatic carbocycles. The van der Waals surface area contributed by atoms with Crippen molar-refractivity contribution in [2.24, 2.45) is 0 Å². The Balaban J connectivity index is 1.76. The lowest BCUT2D eigenvalue weighted by molar-refractivity contribution is -0.133. The van der Waals surface area contributed by atoms with Gasteiger partial charge in [-0.05, 0) is 18.6 Å². The number of hydrogen-bond donors (Lipinski definition) is 0. The summed E-state index contributed by atoms with van der Waals surface area (Å²) in [5, 5.41) is 5.05. The minimum Gasteiger partial charge on any atom is -0.426 e. The second kappa shape index (κ2) is 5.19. The third-order valence-corrected chi connectivity index (χ3v) is 4.23. The summed E-state index contributed by atoms with van der Waals surface area (Å²) < 4.78 is 7.19. The lowest BCUT2D eigenvalue weighted by Gasteiger charge is -2.16. The number of fused-ring (bicyclic) bond motifs is 1. The molecule has 3 rings (SSSR count). The first-order chi connectivity index (χ1) is 9.97. The van der Waals surface area contributed by atoms with Crippen molar-refractivity contribution in [2.45, 2.75) is 38.6 Å². The molecular formula is C16H17ClN2O2. The van der Waals surface area contributed by atoms with E-state index < -0.39 is 0 Å². The quantitative estimate of drug-likeness (QED) is 0.645. The fourth-order valence-corrected chi connectivity index (χ4v) is 3.17. The molecule has 0 N–H and O–H groups in total. The topological polar surface area (TPSA) is 44.1 Å². The maximum Gasteiger partial charge on any atom is 0.317 e. The first-order valence-corrected chi connectivity index (χ1v) is 7.36. The molecule has 21 heavy (non-hydrogen) atoms. The summed E-state index contributed by atoms with van der Waals surface area (Å²) in [7, 11) is 0. The first-order valence-electron chi connectivity index (χ1n) is 6.99. The van der Waals surface area contributed by atoms with Crippen molar-refractivity contribution >= 4 is 17.6 Å². The van der Waals surface area contributed by atoms with Crippen LogP contribution in [-0.2, 0) is 23.2 Å². The summed E-state index contributed by atoms with van der Waals surface area (Å²) >= 11 is 6.41. The molecule has 1 aromatic heterocycles. The van der Waals surface area contributed by atoms with E-state index in [1.165, 1.54) is 0 Å². The van der Waals surface area contributed by atoms with Crippen LogP contribution in [0, 0.1) is 0 Å². The van der Waals surface area contributed by atoms with Crippen molar-refractivity contribution in [3.8, 4) is 5.75 Å². The fraction of sp³-hybridized carbons (Fsp3) is 0.375. The smallest absolute Gasteiger partial charge is 0.317 e. The molecule has 2 aromatic rings. The molecule has 0 radical (unpaired) electrons. The molecule has 0 saturated carbocycles. The van der Waals surface area contributed by atoms with Crippen LogP contribution in [0.25, 0.3) is 0 Å². The number of nitrogens with zero attached hydrogens (tertiary/aromatic N) is 2. The largest absolute Gasteiger partial charge is 0.426 e.